The number of rotatable bonds is 6. The van der Waals surface area contributed by atoms with Crippen LogP contribution in [0.2, 0.25) is 0 Å². The fourth-order valence-electron chi connectivity index (χ4n) is 2.10. The Morgan fingerprint density at radius 2 is 1.81 bits per heavy atom. The zero-order valence-corrected chi connectivity index (χ0v) is 14.1. The molecule has 1 aromatic carbocycles. The predicted octanol–water partition coefficient (Wildman–Crippen LogP) is 4.70. The fraction of sp³-hybridized carbons (Fsp3) is 0.611. The van der Waals surface area contributed by atoms with Crippen molar-refractivity contribution in [3.05, 3.63) is 23.8 Å². The average Bonchev–Trinajstić information content (AvgIpc) is 2.42. The van der Waals surface area contributed by atoms with Crippen LogP contribution in [0.4, 0.5) is 0 Å². The number of benzene rings is 1. The summed E-state index contributed by atoms with van der Waals surface area (Å²) < 4.78 is 11.2. The van der Waals surface area contributed by atoms with Crippen molar-refractivity contribution in [2.24, 2.45) is 5.41 Å². The van der Waals surface area contributed by atoms with Gasteiger partial charge in [-0.05, 0) is 50.3 Å². The van der Waals surface area contributed by atoms with Crippen LogP contribution in [0.1, 0.15) is 53.0 Å². The van der Waals surface area contributed by atoms with Crippen LogP contribution in [0.3, 0.4) is 0 Å². The summed E-state index contributed by atoms with van der Waals surface area (Å²) in [6.07, 6.45) is 1.71. The van der Waals surface area contributed by atoms with E-state index in [2.05, 4.69) is 26.8 Å². The number of nitriles is 1. The van der Waals surface area contributed by atoms with Crippen molar-refractivity contribution in [2.75, 3.05) is 13.7 Å². The van der Waals surface area contributed by atoms with E-state index in [-0.39, 0.29) is 10.8 Å². The summed E-state index contributed by atoms with van der Waals surface area (Å²) in [5, 5.41) is 9.01. The summed E-state index contributed by atoms with van der Waals surface area (Å²) in [5.74, 6) is 1.75. The molecule has 0 unspecified atom stereocenters. The zero-order valence-electron chi connectivity index (χ0n) is 14.1. The topological polar surface area (TPSA) is 42.2 Å². The normalized spacial score (nSPS) is 11.9. The first-order chi connectivity index (χ1) is 9.69. The Morgan fingerprint density at radius 1 is 1.14 bits per heavy atom. The molecule has 1 rings (SSSR count). The lowest BCUT2D eigenvalue weighted by atomic mass is 9.86. The van der Waals surface area contributed by atoms with Crippen LogP contribution in [-0.4, -0.2) is 13.7 Å². The van der Waals surface area contributed by atoms with Gasteiger partial charge < -0.3 is 9.47 Å². The summed E-state index contributed by atoms with van der Waals surface area (Å²) in [6.45, 7) is 11.0. The van der Waals surface area contributed by atoms with Crippen LogP contribution < -0.4 is 9.47 Å². The molecule has 0 bridgehead atoms. The summed E-state index contributed by atoms with van der Waals surface area (Å²) in [6, 6.07) is 8.24. The molecule has 0 amide bonds. The van der Waals surface area contributed by atoms with E-state index in [0.29, 0.717) is 6.61 Å². The number of ether oxygens (including phenoxy) is 2. The molecule has 0 aromatic heterocycles. The SMILES string of the molecule is COc1ccc(OCCCC(C)(C)C#N)c(C(C)(C)C)c1. The second-order valence-electron chi connectivity index (χ2n) is 7.06. The van der Waals surface area contributed by atoms with E-state index in [1.165, 1.54) is 0 Å². The summed E-state index contributed by atoms with van der Waals surface area (Å²) in [7, 11) is 1.67. The van der Waals surface area contributed by atoms with Gasteiger partial charge >= 0.3 is 0 Å². The Kier molecular flexibility index (Phi) is 5.66. The molecular weight excluding hydrogens is 262 g/mol. The smallest absolute Gasteiger partial charge is 0.123 e. The molecule has 0 atom stereocenters. The average molecular weight is 289 g/mol. The van der Waals surface area contributed by atoms with Gasteiger partial charge in [-0.3, -0.25) is 0 Å². The van der Waals surface area contributed by atoms with Crippen molar-refractivity contribution in [3.63, 3.8) is 0 Å². The van der Waals surface area contributed by atoms with E-state index in [1.807, 2.05) is 32.0 Å². The Hall–Kier alpha value is -1.69. The van der Waals surface area contributed by atoms with Crippen LogP contribution in [0.25, 0.3) is 0 Å². The lowest BCUT2D eigenvalue weighted by Gasteiger charge is -2.24. The van der Waals surface area contributed by atoms with E-state index in [4.69, 9.17) is 14.7 Å². The number of methoxy groups -OCH3 is 1. The molecule has 0 aliphatic heterocycles. The van der Waals surface area contributed by atoms with Crippen LogP contribution in [-0.2, 0) is 5.41 Å². The zero-order chi connectivity index (χ0) is 16.1. The minimum Gasteiger partial charge on any atom is -0.497 e. The second kappa shape index (κ2) is 6.85. The van der Waals surface area contributed by atoms with Gasteiger partial charge in [-0.1, -0.05) is 20.8 Å². The van der Waals surface area contributed by atoms with E-state index >= 15 is 0 Å². The van der Waals surface area contributed by atoms with E-state index in [0.717, 1.165) is 29.9 Å². The van der Waals surface area contributed by atoms with Gasteiger partial charge in [0.05, 0.1) is 25.2 Å². The lowest BCUT2D eigenvalue weighted by molar-refractivity contribution is 0.277. The van der Waals surface area contributed by atoms with Gasteiger partial charge in [0, 0.05) is 5.56 Å². The molecule has 0 aliphatic carbocycles. The third-order valence-electron chi connectivity index (χ3n) is 3.50. The summed E-state index contributed by atoms with van der Waals surface area (Å²) in [5.41, 5.74) is 0.854. The molecule has 0 fully saturated rings. The van der Waals surface area contributed by atoms with Gasteiger partial charge in [-0.25, -0.2) is 0 Å². The highest BCUT2D eigenvalue weighted by Crippen LogP contribution is 2.34. The first-order valence-electron chi connectivity index (χ1n) is 7.42. The van der Waals surface area contributed by atoms with Gasteiger partial charge in [-0.2, -0.15) is 5.26 Å². The lowest BCUT2D eigenvalue weighted by Crippen LogP contribution is -2.15. The van der Waals surface area contributed by atoms with Gasteiger partial charge in [0.15, 0.2) is 0 Å². The highest BCUT2D eigenvalue weighted by atomic mass is 16.5. The molecule has 116 valence electrons. The monoisotopic (exact) mass is 289 g/mol. The third kappa shape index (κ3) is 5.30. The Balaban J connectivity index is 2.73. The largest absolute Gasteiger partial charge is 0.497 e. The molecule has 1 aromatic rings. The molecule has 0 radical (unpaired) electrons. The highest BCUT2D eigenvalue weighted by molar-refractivity contribution is 5.44. The van der Waals surface area contributed by atoms with Crippen molar-refractivity contribution < 1.29 is 9.47 Å². The first-order valence-corrected chi connectivity index (χ1v) is 7.42. The molecule has 0 saturated carbocycles. The van der Waals surface area contributed by atoms with Gasteiger partial charge in [0.25, 0.3) is 0 Å². The highest BCUT2D eigenvalue weighted by Gasteiger charge is 2.20. The predicted molar refractivity (Wildman–Crippen MR) is 85.8 cm³/mol. The maximum atomic E-state index is 9.01. The van der Waals surface area contributed by atoms with Crippen LogP contribution >= 0.6 is 0 Å². The quantitative estimate of drug-likeness (QED) is 0.713. The molecule has 0 N–H and O–H groups in total. The molecular formula is C18H27NO2. The summed E-state index contributed by atoms with van der Waals surface area (Å²) >= 11 is 0. The maximum Gasteiger partial charge on any atom is 0.123 e. The van der Waals surface area contributed by atoms with E-state index in [1.54, 1.807) is 7.11 Å². The Morgan fingerprint density at radius 3 is 2.33 bits per heavy atom. The van der Waals surface area contributed by atoms with E-state index < -0.39 is 0 Å². The first kappa shape index (κ1) is 17.4. The number of hydrogen-bond donors (Lipinski definition) is 0. The Labute approximate surface area is 128 Å². The molecule has 0 spiro atoms. The summed E-state index contributed by atoms with van der Waals surface area (Å²) in [4.78, 5) is 0. The van der Waals surface area contributed by atoms with Crippen molar-refractivity contribution in [3.8, 4) is 17.6 Å². The third-order valence-corrected chi connectivity index (χ3v) is 3.50. The van der Waals surface area contributed by atoms with Crippen LogP contribution in [0, 0.1) is 16.7 Å². The van der Waals surface area contributed by atoms with Crippen molar-refractivity contribution in [2.45, 2.75) is 52.9 Å². The minimum absolute atomic E-state index is 0.00417. The van der Waals surface area contributed by atoms with Gasteiger partial charge in [-0.15, -0.1) is 0 Å². The van der Waals surface area contributed by atoms with Gasteiger partial charge in [0.1, 0.15) is 11.5 Å². The fourth-order valence-corrected chi connectivity index (χ4v) is 2.10. The maximum absolute atomic E-state index is 9.01. The molecule has 3 heteroatoms. The van der Waals surface area contributed by atoms with Crippen molar-refractivity contribution in [1.29, 1.82) is 5.26 Å². The number of nitrogens with zero attached hydrogens (tertiary/aromatic N) is 1. The van der Waals surface area contributed by atoms with Crippen molar-refractivity contribution >= 4 is 0 Å². The van der Waals surface area contributed by atoms with Gasteiger partial charge in [0.2, 0.25) is 0 Å². The standard InChI is InChI=1S/C18H27NO2/c1-17(2,3)15-12-14(20-6)8-9-16(15)21-11-7-10-18(4,5)13-19/h8-9,12H,7,10-11H2,1-6H3. The van der Waals surface area contributed by atoms with E-state index in [9.17, 15) is 0 Å². The number of hydrogen-bond acceptors (Lipinski definition) is 3. The van der Waals surface area contributed by atoms with Crippen LogP contribution in [0.5, 0.6) is 11.5 Å². The molecule has 0 saturated heterocycles. The molecule has 21 heavy (non-hydrogen) atoms. The van der Waals surface area contributed by atoms with Crippen molar-refractivity contribution in [1.82, 2.24) is 0 Å². The minimum atomic E-state index is -0.282. The Bertz CT molecular complexity index is 507. The molecule has 0 aliphatic rings. The molecule has 0 heterocycles. The van der Waals surface area contributed by atoms with Crippen LogP contribution in [0.15, 0.2) is 18.2 Å². The second-order valence-corrected chi connectivity index (χ2v) is 7.06. The molecule has 3 nitrogen and oxygen atoms in total.